The van der Waals surface area contributed by atoms with Gasteiger partial charge in [-0.15, -0.1) is 5.10 Å². The fourth-order valence-corrected chi connectivity index (χ4v) is 2.23. The SMILES string of the molecule is CCOc1ccc(C=NN=C2NC(=O)CS2)cc1C. The Morgan fingerprint density at radius 2 is 2.37 bits per heavy atom. The first-order chi connectivity index (χ1) is 9.19. The lowest BCUT2D eigenvalue weighted by atomic mass is 10.1. The van der Waals surface area contributed by atoms with Gasteiger partial charge >= 0.3 is 0 Å². The highest BCUT2D eigenvalue weighted by Gasteiger charge is 2.15. The van der Waals surface area contributed by atoms with Crippen molar-refractivity contribution in [3.05, 3.63) is 29.3 Å². The number of ether oxygens (including phenoxy) is 1. The number of thioether (sulfide) groups is 1. The lowest BCUT2D eigenvalue weighted by molar-refractivity contribution is -0.116. The third-order valence-electron chi connectivity index (χ3n) is 2.44. The normalized spacial score (nSPS) is 17.2. The van der Waals surface area contributed by atoms with E-state index in [9.17, 15) is 4.79 Å². The summed E-state index contributed by atoms with van der Waals surface area (Å²) in [5.41, 5.74) is 2.00. The van der Waals surface area contributed by atoms with Crippen LogP contribution in [0.15, 0.2) is 28.4 Å². The molecule has 1 aromatic rings. The molecule has 5 nitrogen and oxygen atoms in total. The highest BCUT2D eigenvalue weighted by molar-refractivity contribution is 8.15. The molecule has 0 saturated carbocycles. The van der Waals surface area contributed by atoms with E-state index in [-0.39, 0.29) is 5.91 Å². The Morgan fingerprint density at radius 1 is 1.53 bits per heavy atom. The van der Waals surface area contributed by atoms with E-state index < -0.39 is 0 Å². The van der Waals surface area contributed by atoms with Crippen LogP contribution < -0.4 is 10.1 Å². The number of carbonyl (C=O) groups is 1. The van der Waals surface area contributed by atoms with E-state index in [0.29, 0.717) is 17.5 Å². The zero-order chi connectivity index (χ0) is 13.7. The van der Waals surface area contributed by atoms with Gasteiger partial charge in [-0.05, 0) is 43.2 Å². The monoisotopic (exact) mass is 277 g/mol. The maximum absolute atomic E-state index is 11.0. The molecule has 1 saturated heterocycles. The summed E-state index contributed by atoms with van der Waals surface area (Å²) < 4.78 is 5.47. The Morgan fingerprint density at radius 3 is 3.00 bits per heavy atom. The maximum Gasteiger partial charge on any atom is 0.236 e. The summed E-state index contributed by atoms with van der Waals surface area (Å²) in [4.78, 5) is 11.0. The van der Waals surface area contributed by atoms with Gasteiger partial charge in [-0.2, -0.15) is 5.10 Å². The summed E-state index contributed by atoms with van der Waals surface area (Å²) in [6.45, 7) is 4.60. The summed E-state index contributed by atoms with van der Waals surface area (Å²) in [5.74, 6) is 1.26. The second-order valence-electron chi connectivity index (χ2n) is 3.94. The minimum Gasteiger partial charge on any atom is -0.494 e. The quantitative estimate of drug-likeness (QED) is 0.676. The summed E-state index contributed by atoms with van der Waals surface area (Å²) in [7, 11) is 0. The Kier molecular flexibility index (Phi) is 4.57. The largest absolute Gasteiger partial charge is 0.494 e. The number of hydrogen-bond acceptors (Lipinski definition) is 5. The lowest BCUT2D eigenvalue weighted by Gasteiger charge is -2.06. The van der Waals surface area contributed by atoms with Crippen molar-refractivity contribution in [1.82, 2.24) is 5.32 Å². The number of amidine groups is 1. The lowest BCUT2D eigenvalue weighted by Crippen LogP contribution is -2.19. The van der Waals surface area contributed by atoms with Gasteiger partial charge < -0.3 is 10.1 Å². The molecule has 1 heterocycles. The van der Waals surface area contributed by atoms with Gasteiger partial charge in [0.15, 0.2) is 5.17 Å². The van der Waals surface area contributed by atoms with E-state index in [1.54, 1.807) is 6.21 Å². The third kappa shape index (κ3) is 3.82. The van der Waals surface area contributed by atoms with Crippen LogP contribution in [0.4, 0.5) is 0 Å². The summed E-state index contributed by atoms with van der Waals surface area (Å²) >= 11 is 1.35. The Balaban J connectivity index is 2.03. The number of aryl methyl sites for hydroxylation is 1. The summed E-state index contributed by atoms with van der Waals surface area (Å²) in [6, 6.07) is 5.82. The minimum atomic E-state index is -0.0316. The van der Waals surface area contributed by atoms with Crippen LogP contribution in [0.1, 0.15) is 18.1 Å². The molecule has 2 rings (SSSR count). The highest BCUT2D eigenvalue weighted by Crippen LogP contribution is 2.18. The van der Waals surface area contributed by atoms with Crippen molar-refractivity contribution in [2.75, 3.05) is 12.4 Å². The van der Waals surface area contributed by atoms with Crippen LogP contribution in [0.2, 0.25) is 0 Å². The number of hydrogen-bond donors (Lipinski definition) is 1. The van der Waals surface area contributed by atoms with E-state index in [1.165, 1.54) is 11.8 Å². The van der Waals surface area contributed by atoms with Crippen LogP contribution >= 0.6 is 11.8 Å². The molecule has 0 spiro atoms. The number of amides is 1. The minimum absolute atomic E-state index is 0.0316. The standard InChI is InChI=1S/C13H15N3O2S/c1-3-18-11-5-4-10(6-9(11)2)7-14-16-13-15-12(17)8-19-13/h4-7H,3,8H2,1-2H3,(H,15,16,17). The Bertz CT molecular complexity index is 541. The van der Waals surface area contributed by atoms with Crippen molar-refractivity contribution in [2.45, 2.75) is 13.8 Å². The highest BCUT2D eigenvalue weighted by atomic mass is 32.2. The van der Waals surface area contributed by atoms with Crippen molar-refractivity contribution in [3.8, 4) is 5.75 Å². The smallest absolute Gasteiger partial charge is 0.236 e. The summed E-state index contributed by atoms with van der Waals surface area (Å²) in [5, 5.41) is 11.1. The molecule has 0 unspecified atom stereocenters. The van der Waals surface area contributed by atoms with Gasteiger partial charge in [0, 0.05) is 0 Å². The molecule has 1 N–H and O–H groups in total. The molecule has 1 aromatic carbocycles. The number of rotatable bonds is 4. The van der Waals surface area contributed by atoms with Crippen molar-refractivity contribution in [2.24, 2.45) is 10.2 Å². The van der Waals surface area contributed by atoms with Crippen LogP contribution in [0.25, 0.3) is 0 Å². The molecule has 100 valence electrons. The van der Waals surface area contributed by atoms with E-state index in [4.69, 9.17) is 4.74 Å². The van der Waals surface area contributed by atoms with Crippen LogP contribution in [0.5, 0.6) is 5.75 Å². The van der Waals surface area contributed by atoms with E-state index in [0.717, 1.165) is 16.9 Å². The molecule has 1 fully saturated rings. The first kappa shape index (κ1) is 13.6. The molecular formula is C13H15N3O2S. The average molecular weight is 277 g/mol. The number of benzene rings is 1. The first-order valence-electron chi connectivity index (χ1n) is 5.96. The molecule has 19 heavy (non-hydrogen) atoms. The van der Waals surface area contributed by atoms with Crippen LogP contribution in [0.3, 0.4) is 0 Å². The van der Waals surface area contributed by atoms with Gasteiger partial charge in [0.1, 0.15) is 5.75 Å². The second-order valence-corrected chi connectivity index (χ2v) is 4.91. The van der Waals surface area contributed by atoms with Crippen LogP contribution in [-0.2, 0) is 4.79 Å². The number of nitrogens with one attached hydrogen (secondary N) is 1. The predicted molar refractivity (Wildman–Crippen MR) is 78.0 cm³/mol. The molecule has 0 aliphatic carbocycles. The predicted octanol–water partition coefficient (Wildman–Crippen LogP) is 1.95. The molecule has 0 bridgehead atoms. The molecule has 6 heteroatoms. The van der Waals surface area contributed by atoms with Crippen LogP contribution in [-0.4, -0.2) is 29.6 Å². The van der Waals surface area contributed by atoms with Gasteiger partial charge in [0.05, 0.1) is 18.6 Å². The second kappa shape index (κ2) is 6.38. The molecule has 0 radical (unpaired) electrons. The molecule has 0 aromatic heterocycles. The molecule has 1 amide bonds. The maximum atomic E-state index is 11.0. The number of carbonyl (C=O) groups excluding carboxylic acids is 1. The first-order valence-corrected chi connectivity index (χ1v) is 6.94. The van der Waals surface area contributed by atoms with Gasteiger partial charge in [0.2, 0.25) is 5.91 Å². The molecule has 1 aliphatic rings. The van der Waals surface area contributed by atoms with Crippen molar-refractivity contribution < 1.29 is 9.53 Å². The van der Waals surface area contributed by atoms with Gasteiger partial charge in [-0.25, -0.2) is 0 Å². The number of nitrogens with zero attached hydrogens (tertiary/aromatic N) is 2. The molecular weight excluding hydrogens is 262 g/mol. The average Bonchev–Trinajstić information content (AvgIpc) is 2.79. The van der Waals surface area contributed by atoms with E-state index >= 15 is 0 Å². The zero-order valence-electron chi connectivity index (χ0n) is 10.8. The molecule has 1 aliphatic heterocycles. The third-order valence-corrected chi connectivity index (χ3v) is 3.30. The van der Waals surface area contributed by atoms with Crippen molar-refractivity contribution >= 4 is 29.1 Å². The molecule has 0 atom stereocenters. The van der Waals surface area contributed by atoms with E-state index in [2.05, 4.69) is 15.5 Å². The Hall–Kier alpha value is -1.82. The van der Waals surface area contributed by atoms with Gasteiger partial charge in [0.25, 0.3) is 0 Å². The Labute approximate surface area is 116 Å². The van der Waals surface area contributed by atoms with Gasteiger partial charge in [-0.1, -0.05) is 11.8 Å². The fourth-order valence-electron chi connectivity index (χ4n) is 1.60. The van der Waals surface area contributed by atoms with Crippen molar-refractivity contribution in [1.29, 1.82) is 0 Å². The summed E-state index contributed by atoms with van der Waals surface area (Å²) in [6.07, 6.45) is 1.65. The fraction of sp³-hybridized carbons (Fsp3) is 0.308. The van der Waals surface area contributed by atoms with Gasteiger partial charge in [-0.3, -0.25) is 4.79 Å². The van der Waals surface area contributed by atoms with Crippen molar-refractivity contribution in [3.63, 3.8) is 0 Å². The topological polar surface area (TPSA) is 63.1 Å². The zero-order valence-corrected chi connectivity index (χ0v) is 11.7. The van der Waals surface area contributed by atoms with Crippen LogP contribution in [0, 0.1) is 6.92 Å². The van der Waals surface area contributed by atoms with E-state index in [1.807, 2.05) is 32.0 Å².